The van der Waals surface area contributed by atoms with Crippen molar-refractivity contribution in [3.05, 3.63) is 23.8 Å². The van der Waals surface area contributed by atoms with E-state index in [0.717, 1.165) is 5.56 Å². The number of nitrogens with two attached hydrogens (primary N) is 1. The number of amides is 1. The number of para-hydroxylation sites is 1. The van der Waals surface area contributed by atoms with Crippen molar-refractivity contribution in [2.75, 3.05) is 25.1 Å². The van der Waals surface area contributed by atoms with E-state index in [1.165, 1.54) is 0 Å². The van der Waals surface area contributed by atoms with Gasteiger partial charge in [-0.2, -0.15) is 0 Å². The molecule has 0 atom stereocenters. The molecule has 0 saturated carbocycles. The highest BCUT2D eigenvalue weighted by atomic mass is 16.5. The summed E-state index contributed by atoms with van der Waals surface area (Å²) in [5, 5.41) is 12.7. The van der Waals surface area contributed by atoms with Crippen LogP contribution >= 0.6 is 0 Å². The van der Waals surface area contributed by atoms with Crippen molar-refractivity contribution in [3.63, 3.8) is 0 Å². The molecule has 0 radical (unpaired) electrons. The molecule has 1 fully saturated rings. The van der Waals surface area contributed by atoms with Crippen molar-refractivity contribution in [3.8, 4) is 5.75 Å². The van der Waals surface area contributed by atoms with Gasteiger partial charge in [0.25, 0.3) is 0 Å². The monoisotopic (exact) mass is 264 g/mol. The maximum Gasteiger partial charge on any atom is 0.232 e. The first kappa shape index (κ1) is 13.8. The maximum atomic E-state index is 12.4. The molecule has 0 aromatic heterocycles. The van der Waals surface area contributed by atoms with Crippen LogP contribution in [-0.2, 0) is 9.53 Å². The summed E-state index contributed by atoms with van der Waals surface area (Å²) >= 11 is 0. The third-order valence-electron chi connectivity index (χ3n) is 3.81. The number of phenolic OH excluding ortho intramolecular Hbond substituents is 1. The Labute approximate surface area is 112 Å². The van der Waals surface area contributed by atoms with E-state index in [1.807, 2.05) is 0 Å². The number of ether oxygens (including phenoxy) is 1. The number of rotatable bonds is 3. The average Bonchev–Trinajstić information content (AvgIpc) is 2.44. The van der Waals surface area contributed by atoms with Gasteiger partial charge in [0.05, 0.1) is 11.1 Å². The molecule has 1 aromatic rings. The van der Waals surface area contributed by atoms with Crippen molar-refractivity contribution in [2.24, 2.45) is 11.1 Å². The van der Waals surface area contributed by atoms with Crippen LogP contribution in [0.1, 0.15) is 18.4 Å². The summed E-state index contributed by atoms with van der Waals surface area (Å²) in [6, 6.07) is 5.27. The van der Waals surface area contributed by atoms with Crippen LogP contribution in [0.2, 0.25) is 0 Å². The topological polar surface area (TPSA) is 84.6 Å². The van der Waals surface area contributed by atoms with E-state index in [9.17, 15) is 9.90 Å². The number of carbonyl (C=O) groups is 1. The first-order chi connectivity index (χ1) is 9.09. The highest BCUT2D eigenvalue weighted by molar-refractivity contribution is 5.97. The number of hydrogen-bond acceptors (Lipinski definition) is 4. The van der Waals surface area contributed by atoms with Gasteiger partial charge >= 0.3 is 0 Å². The lowest BCUT2D eigenvalue weighted by Crippen LogP contribution is -2.46. The summed E-state index contributed by atoms with van der Waals surface area (Å²) in [6.45, 7) is 3.17. The molecule has 1 aliphatic heterocycles. The van der Waals surface area contributed by atoms with E-state index in [0.29, 0.717) is 31.7 Å². The Bertz CT molecular complexity index is 468. The molecule has 5 nitrogen and oxygen atoms in total. The fourth-order valence-electron chi connectivity index (χ4n) is 2.30. The molecule has 5 heteroatoms. The molecule has 19 heavy (non-hydrogen) atoms. The van der Waals surface area contributed by atoms with Crippen LogP contribution in [0.15, 0.2) is 18.2 Å². The number of aryl methyl sites for hydroxylation is 1. The molecule has 1 saturated heterocycles. The number of carbonyl (C=O) groups excluding carboxylic acids is 1. The van der Waals surface area contributed by atoms with Gasteiger partial charge in [0.15, 0.2) is 0 Å². The molecule has 4 N–H and O–H groups in total. The van der Waals surface area contributed by atoms with Gasteiger partial charge in [-0.25, -0.2) is 0 Å². The molecule has 1 amide bonds. The van der Waals surface area contributed by atoms with Gasteiger partial charge in [0, 0.05) is 19.8 Å². The van der Waals surface area contributed by atoms with Crippen LogP contribution in [0.5, 0.6) is 5.75 Å². The largest absolute Gasteiger partial charge is 0.505 e. The van der Waals surface area contributed by atoms with Crippen LogP contribution in [-0.4, -0.2) is 30.8 Å². The summed E-state index contributed by atoms with van der Waals surface area (Å²) in [4.78, 5) is 12.4. The summed E-state index contributed by atoms with van der Waals surface area (Å²) in [7, 11) is 0. The Kier molecular flexibility index (Phi) is 4.07. The number of anilines is 1. The van der Waals surface area contributed by atoms with E-state index >= 15 is 0 Å². The van der Waals surface area contributed by atoms with Crippen molar-refractivity contribution in [2.45, 2.75) is 19.8 Å². The molecule has 1 aliphatic rings. The molecule has 0 spiro atoms. The van der Waals surface area contributed by atoms with Crippen LogP contribution < -0.4 is 11.1 Å². The van der Waals surface area contributed by atoms with Gasteiger partial charge in [-0.15, -0.1) is 0 Å². The smallest absolute Gasteiger partial charge is 0.232 e. The zero-order chi connectivity index (χ0) is 13.9. The van der Waals surface area contributed by atoms with Gasteiger partial charge < -0.3 is 20.9 Å². The molecule has 1 heterocycles. The zero-order valence-electron chi connectivity index (χ0n) is 11.1. The van der Waals surface area contributed by atoms with E-state index in [2.05, 4.69) is 5.32 Å². The molecular weight excluding hydrogens is 244 g/mol. The molecule has 2 rings (SSSR count). The quantitative estimate of drug-likeness (QED) is 0.720. The van der Waals surface area contributed by atoms with E-state index in [4.69, 9.17) is 10.5 Å². The van der Waals surface area contributed by atoms with Gasteiger partial charge in [0.1, 0.15) is 5.75 Å². The summed E-state index contributed by atoms with van der Waals surface area (Å²) in [6.07, 6.45) is 1.23. The van der Waals surface area contributed by atoms with Gasteiger partial charge in [-0.05, 0) is 31.4 Å². The van der Waals surface area contributed by atoms with Crippen molar-refractivity contribution in [1.29, 1.82) is 0 Å². The summed E-state index contributed by atoms with van der Waals surface area (Å²) in [5.74, 6) is -0.0331. The zero-order valence-corrected chi connectivity index (χ0v) is 11.1. The molecule has 0 bridgehead atoms. The average molecular weight is 264 g/mol. The minimum atomic E-state index is -0.589. The second-order valence-electron chi connectivity index (χ2n) is 5.02. The predicted octanol–water partition coefficient (Wildman–Crippen LogP) is 1.39. The van der Waals surface area contributed by atoms with E-state index in [1.54, 1.807) is 25.1 Å². The van der Waals surface area contributed by atoms with Crippen LogP contribution in [0.25, 0.3) is 0 Å². The van der Waals surface area contributed by atoms with E-state index < -0.39 is 5.41 Å². The second kappa shape index (κ2) is 5.59. The van der Waals surface area contributed by atoms with Crippen LogP contribution in [0.3, 0.4) is 0 Å². The Morgan fingerprint density at radius 3 is 2.79 bits per heavy atom. The Morgan fingerprint density at radius 1 is 1.47 bits per heavy atom. The first-order valence-corrected chi connectivity index (χ1v) is 6.47. The standard InChI is InChI=1S/C14H20N2O3/c1-10-3-2-4-11(12(10)17)16-13(18)14(9-15)5-7-19-8-6-14/h2-4,17H,5-9,15H2,1H3,(H,16,18). The van der Waals surface area contributed by atoms with Gasteiger partial charge in [-0.3, -0.25) is 4.79 Å². The molecule has 0 unspecified atom stereocenters. The molecule has 104 valence electrons. The summed E-state index contributed by atoms with van der Waals surface area (Å²) in [5.41, 5.74) is 6.36. The lowest BCUT2D eigenvalue weighted by Gasteiger charge is -2.34. The lowest BCUT2D eigenvalue weighted by molar-refractivity contribution is -0.130. The Morgan fingerprint density at radius 2 is 2.16 bits per heavy atom. The number of benzene rings is 1. The highest BCUT2D eigenvalue weighted by Crippen LogP contribution is 2.33. The minimum Gasteiger partial charge on any atom is -0.505 e. The third kappa shape index (κ3) is 2.72. The maximum absolute atomic E-state index is 12.4. The second-order valence-corrected chi connectivity index (χ2v) is 5.02. The predicted molar refractivity (Wildman–Crippen MR) is 73.0 cm³/mol. The lowest BCUT2D eigenvalue weighted by atomic mass is 9.79. The minimum absolute atomic E-state index is 0.107. The van der Waals surface area contributed by atoms with Crippen LogP contribution in [0.4, 0.5) is 5.69 Å². The van der Waals surface area contributed by atoms with Crippen LogP contribution in [0, 0.1) is 12.3 Å². The Hall–Kier alpha value is -1.59. The Balaban J connectivity index is 2.17. The molecular formula is C14H20N2O3. The SMILES string of the molecule is Cc1cccc(NC(=O)C2(CN)CCOCC2)c1O. The van der Waals surface area contributed by atoms with Crippen molar-refractivity contribution >= 4 is 11.6 Å². The van der Waals surface area contributed by atoms with Gasteiger partial charge in [0.2, 0.25) is 5.91 Å². The molecule has 0 aliphatic carbocycles. The van der Waals surface area contributed by atoms with E-state index in [-0.39, 0.29) is 18.2 Å². The normalized spacial score (nSPS) is 18.0. The van der Waals surface area contributed by atoms with Gasteiger partial charge in [-0.1, -0.05) is 12.1 Å². The summed E-state index contributed by atoms with van der Waals surface area (Å²) < 4.78 is 5.28. The van der Waals surface area contributed by atoms with Crippen molar-refractivity contribution < 1.29 is 14.6 Å². The third-order valence-corrected chi connectivity index (χ3v) is 3.81. The van der Waals surface area contributed by atoms with Crippen molar-refractivity contribution in [1.82, 2.24) is 0 Å². The highest BCUT2D eigenvalue weighted by Gasteiger charge is 2.39. The number of hydrogen-bond donors (Lipinski definition) is 3. The first-order valence-electron chi connectivity index (χ1n) is 6.47. The molecule has 1 aromatic carbocycles. The number of aromatic hydroxyl groups is 1. The fourth-order valence-corrected chi connectivity index (χ4v) is 2.30. The fraction of sp³-hybridized carbons (Fsp3) is 0.500. The number of phenols is 1. The number of nitrogens with one attached hydrogen (secondary N) is 1.